The molecule has 0 atom stereocenters. The number of amides is 1. The number of carbonyl (C=O) groups excluding carboxylic acids is 1. The van der Waals surface area contributed by atoms with E-state index in [0.717, 1.165) is 5.56 Å². The van der Waals surface area contributed by atoms with Crippen molar-refractivity contribution in [1.82, 2.24) is 4.90 Å². The summed E-state index contributed by atoms with van der Waals surface area (Å²) in [4.78, 5) is 24.8. The molecular formula is C14H19NO4. The van der Waals surface area contributed by atoms with Crippen LogP contribution in [0.3, 0.4) is 0 Å². The van der Waals surface area contributed by atoms with Gasteiger partial charge in [-0.25, -0.2) is 4.79 Å². The molecule has 1 aromatic carbocycles. The Balaban J connectivity index is 3.10. The number of ether oxygens (including phenoxy) is 1. The lowest BCUT2D eigenvalue weighted by atomic mass is 10.0. The predicted octanol–water partition coefficient (Wildman–Crippen LogP) is 1.77. The standard InChI is InChI=1S/C14H19NO4/c1-14(2,13(17)18)15(3)12(16)11-8-6-5-7-10(11)9-19-4/h5-8H,9H2,1-4H3,(H,17,18). The van der Waals surface area contributed by atoms with Crippen molar-refractivity contribution >= 4 is 11.9 Å². The minimum atomic E-state index is -1.27. The molecule has 1 rings (SSSR count). The zero-order valence-corrected chi connectivity index (χ0v) is 11.6. The Hall–Kier alpha value is -1.88. The normalized spacial score (nSPS) is 11.2. The number of nitrogens with zero attached hydrogens (tertiary/aromatic N) is 1. The number of aliphatic carboxylic acids is 1. The number of hydrogen-bond acceptors (Lipinski definition) is 3. The van der Waals surface area contributed by atoms with Gasteiger partial charge in [-0.2, -0.15) is 0 Å². The fraction of sp³-hybridized carbons (Fsp3) is 0.429. The summed E-state index contributed by atoms with van der Waals surface area (Å²) in [5.74, 6) is -1.38. The quantitative estimate of drug-likeness (QED) is 0.881. The number of hydrogen-bond donors (Lipinski definition) is 1. The van der Waals surface area contributed by atoms with Crippen LogP contribution in [0.5, 0.6) is 0 Å². The second kappa shape index (κ2) is 5.84. The molecule has 1 aromatic rings. The molecule has 0 fully saturated rings. The number of carboxylic acids is 1. The highest BCUT2D eigenvalue weighted by Crippen LogP contribution is 2.19. The molecule has 104 valence electrons. The van der Waals surface area contributed by atoms with Gasteiger partial charge in [0, 0.05) is 19.7 Å². The Morgan fingerprint density at radius 2 is 1.89 bits per heavy atom. The lowest BCUT2D eigenvalue weighted by Crippen LogP contribution is -2.50. The van der Waals surface area contributed by atoms with Gasteiger partial charge in [0.2, 0.25) is 0 Å². The van der Waals surface area contributed by atoms with Crippen molar-refractivity contribution in [3.8, 4) is 0 Å². The summed E-state index contributed by atoms with van der Waals surface area (Å²) in [6.07, 6.45) is 0. The first-order valence-corrected chi connectivity index (χ1v) is 5.90. The zero-order chi connectivity index (χ0) is 14.6. The smallest absolute Gasteiger partial charge is 0.329 e. The second-order valence-electron chi connectivity index (χ2n) is 4.82. The fourth-order valence-electron chi connectivity index (χ4n) is 1.59. The van der Waals surface area contributed by atoms with Gasteiger partial charge in [-0.15, -0.1) is 0 Å². The highest BCUT2D eigenvalue weighted by molar-refractivity contribution is 5.98. The Bertz CT molecular complexity index is 482. The van der Waals surface area contributed by atoms with Crippen molar-refractivity contribution in [2.75, 3.05) is 14.2 Å². The van der Waals surface area contributed by atoms with Crippen LogP contribution in [-0.4, -0.2) is 41.6 Å². The number of likely N-dealkylation sites (N-methyl/N-ethyl adjacent to an activating group) is 1. The molecule has 1 amide bonds. The third-order valence-electron chi connectivity index (χ3n) is 3.21. The molecule has 5 heteroatoms. The van der Waals surface area contributed by atoms with Crippen molar-refractivity contribution in [3.63, 3.8) is 0 Å². The maximum absolute atomic E-state index is 12.4. The molecule has 0 radical (unpaired) electrons. The molecule has 0 aliphatic heterocycles. The monoisotopic (exact) mass is 265 g/mol. The number of carbonyl (C=O) groups is 2. The molecule has 0 spiro atoms. The van der Waals surface area contributed by atoms with E-state index < -0.39 is 11.5 Å². The summed E-state index contributed by atoms with van der Waals surface area (Å²) >= 11 is 0. The van der Waals surface area contributed by atoms with Crippen LogP contribution in [0.1, 0.15) is 29.8 Å². The summed E-state index contributed by atoms with van der Waals surface area (Å²) in [5, 5.41) is 9.16. The first-order chi connectivity index (χ1) is 8.82. The van der Waals surface area contributed by atoms with E-state index in [9.17, 15) is 9.59 Å². The largest absolute Gasteiger partial charge is 0.480 e. The van der Waals surface area contributed by atoms with Gasteiger partial charge in [0.1, 0.15) is 5.54 Å². The Kier molecular flexibility index (Phi) is 4.67. The summed E-state index contributed by atoms with van der Waals surface area (Å²) in [7, 11) is 3.03. The van der Waals surface area contributed by atoms with Gasteiger partial charge >= 0.3 is 5.97 Å². The Morgan fingerprint density at radius 1 is 1.32 bits per heavy atom. The van der Waals surface area contributed by atoms with Crippen LogP contribution < -0.4 is 0 Å². The van der Waals surface area contributed by atoms with E-state index in [1.807, 2.05) is 6.07 Å². The molecular weight excluding hydrogens is 246 g/mol. The molecule has 5 nitrogen and oxygen atoms in total. The van der Waals surface area contributed by atoms with E-state index in [1.54, 1.807) is 25.3 Å². The summed E-state index contributed by atoms with van der Waals surface area (Å²) in [6, 6.07) is 7.02. The summed E-state index contributed by atoms with van der Waals surface area (Å²) in [5.41, 5.74) is -0.0683. The second-order valence-corrected chi connectivity index (χ2v) is 4.82. The van der Waals surface area contributed by atoms with Gasteiger partial charge in [0.15, 0.2) is 0 Å². The highest BCUT2D eigenvalue weighted by atomic mass is 16.5. The minimum absolute atomic E-state index is 0.309. The van der Waals surface area contributed by atoms with E-state index in [-0.39, 0.29) is 5.91 Å². The average molecular weight is 265 g/mol. The SMILES string of the molecule is COCc1ccccc1C(=O)N(C)C(C)(C)C(=O)O. The van der Waals surface area contributed by atoms with E-state index in [1.165, 1.54) is 25.8 Å². The van der Waals surface area contributed by atoms with Crippen LogP contribution in [-0.2, 0) is 16.1 Å². The minimum Gasteiger partial charge on any atom is -0.480 e. The maximum atomic E-state index is 12.4. The zero-order valence-electron chi connectivity index (χ0n) is 11.6. The lowest BCUT2D eigenvalue weighted by Gasteiger charge is -2.32. The Labute approximate surface area is 112 Å². The average Bonchev–Trinajstić information content (AvgIpc) is 2.38. The molecule has 0 saturated heterocycles. The molecule has 1 N–H and O–H groups in total. The van der Waals surface area contributed by atoms with Gasteiger partial charge < -0.3 is 14.7 Å². The Morgan fingerprint density at radius 3 is 2.42 bits per heavy atom. The van der Waals surface area contributed by atoms with Crippen LogP contribution >= 0.6 is 0 Å². The number of methoxy groups -OCH3 is 1. The fourth-order valence-corrected chi connectivity index (χ4v) is 1.59. The molecule has 0 aliphatic carbocycles. The topological polar surface area (TPSA) is 66.8 Å². The molecule has 0 heterocycles. The molecule has 0 saturated carbocycles. The van der Waals surface area contributed by atoms with E-state index in [0.29, 0.717) is 12.2 Å². The first kappa shape index (κ1) is 15.2. The van der Waals surface area contributed by atoms with Crippen LogP contribution in [0.25, 0.3) is 0 Å². The van der Waals surface area contributed by atoms with Gasteiger partial charge in [0.05, 0.1) is 6.61 Å². The third-order valence-corrected chi connectivity index (χ3v) is 3.21. The van der Waals surface area contributed by atoms with Crippen LogP contribution in [0.4, 0.5) is 0 Å². The van der Waals surface area contributed by atoms with Crippen molar-refractivity contribution in [1.29, 1.82) is 0 Å². The van der Waals surface area contributed by atoms with Crippen LogP contribution in [0, 0.1) is 0 Å². The van der Waals surface area contributed by atoms with Gasteiger partial charge in [0.25, 0.3) is 5.91 Å². The van der Waals surface area contributed by atoms with Gasteiger partial charge in [-0.1, -0.05) is 18.2 Å². The first-order valence-electron chi connectivity index (χ1n) is 5.90. The van der Waals surface area contributed by atoms with Crippen LogP contribution in [0.2, 0.25) is 0 Å². The van der Waals surface area contributed by atoms with Crippen molar-refractivity contribution in [2.45, 2.75) is 26.0 Å². The number of benzene rings is 1. The summed E-state index contributed by atoms with van der Waals surface area (Å²) in [6.45, 7) is 3.29. The molecule has 0 unspecified atom stereocenters. The third kappa shape index (κ3) is 3.12. The molecule has 19 heavy (non-hydrogen) atoms. The van der Waals surface area contributed by atoms with E-state index in [2.05, 4.69) is 0 Å². The number of rotatable bonds is 5. The van der Waals surface area contributed by atoms with E-state index in [4.69, 9.17) is 9.84 Å². The highest BCUT2D eigenvalue weighted by Gasteiger charge is 2.36. The molecule has 0 aliphatic rings. The van der Waals surface area contributed by atoms with Crippen LogP contribution in [0.15, 0.2) is 24.3 Å². The van der Waals surface area contributed by atoms with Crippen molar-refractivity contribution in [2.24, 2.45) is 0 Å². The predicted molar refractivity (Wildman–Crippen MR) is 71.0 cm³/mol. The summed E-state index contributed by atoms with van der Waals surface area (Å²) < 4.78 is 5.04. The van der Waals surface area contributed by atoms with Gasteiger partial charge in [-0.3, -0.25) is 4.79 Å². The lowest BCUT2D eigenvalue weighted by molar-refractivity contribution is -0.147. The molecule has 0 aromatic heterocycles. The van der Waals surface area contributed by atoms with Gasteiger partial charge in [-0.05, 0) is 25.5 Å². The molecule has 0 bridgehead atoms. The van der Waals surface area contributed by atoms with Crippen molar-refractivity contribution in [3.05, 3.63) is 35.4 Å². The maximum Gasteiger partial charge on any atom is 0.329 e. The number of carboxylic acid groups (broad SMARTS) is 1. The van der Waals surface area contributed by atoms with Crippen molar-refractivity contribution < 1.29 is 19.4 Å². The van der Waals surface area contributed by atoms with E-state index >= 15 is 0 Å².